The highest BCUT2D eigenvalue weighted by Crippen LogP contribution is 2.32. The minimum absolute atomic E-state index is 0.0798. The van der Waals surface area contributed by atoms with Crippen LogP contribution in [0.5, 0.6) is 17.2 Å². The molecule has 4 rings (SSSR count). The first-order chi connectivity index (χ1) is 15.2. The number of ether oxygens (including phenoxy) is 2. The van der Waals surface area contributed by atoms with E-state index >= 15 is 0 Å². The summed E-state index contributed by atoms with van der Waals surface area (Å²) in [5.41, 5.74) is 2.95. The Hall–Kier alpha value is -4.13. The third-order valence-electron chi connectivity index (χ3n) is 5.55. The summed E-state index contributed by atoms with van der Waals surface area (Å²) < 4.78 is 13.1. The molecular formula is C25H22NO6+. The van der Waals surface area contributed by atoms with Crippen molar-refractivity contribution in [3.8, 4) is 17.2 Å². The predicted octanol–water partition coefficient (Wildman–Crippen LogP) is 4.07. The molecule has 0 atom stereocenters. The second-order valence-corrected chi connectivity index (χ2v) is 7.65. The molecule has 0 unspecified atom stereocenters. The van der Waals surface area contributed by atoms with E-state index in [0.29, 0.717) is 44.5 Å². The Labute approximate surface area is 184 Å². The number of nitrogens with zero attached hydrogens (tertiary/aromatic N) is 1. The smallest absolute Gasteiger partial charge is 0.345 e. The van der Waals surface area contributed by atoms with Crippen molar-refractivity contribution in [2.75, 3.05) is 7.11 Å². The zero-order valence-corrected chi connectivity index (χ0v) is 18.1. The number of carboxylic acids is 1. The monoisotopic (exact) mass is 432 g/mol. The number of aromatic carboxylic acids is 1. The van der Waals surface area contributed by atoms with E-state index in [1.54, 1.807) is 45.2 Å². The molecule has 0 amide bonds. The highest BCUT2D eigenvalue weighted by molar-refractivity contribution is 6.13. The van der Waals surface area contributed by atoms with Gasteiger partial charge < -0.3 is 19.7 Å². The van der Waals surface area contributed by atoms with Crippen LogP contribution in [-0.2, 0) is 7.05 Å². The van der Waals surface area contributed by atoms with Gasteiger partial charge in [-0.2, -0.15) is 4.57 Å². The number of carbonyl (C=O) groups is 2. The lowest BCUT2D eigenvalue weighted by atomic mass is 10.0. The third kappa shape index (κ3) is 3.47. The number of carboxylic acid groups (broad SMARTS) is 1. The van der Waals surface area contributed by atoms with Gasteiger partial charge in [0.1, 0.15) is 24.3 Å². The summed E-state index contributed by atoms with van der Waals surface area (Å²) in [4.78, 5) is 24.8. The molecule has 32 heavy (non-hydrogen) atoms. The van der Waals surface area contributed by atoms with E-state index in [4.69, 9.17) is 9.47 Å². The number of phenolic OH excluding ortho intramolecular Hbond substituents is 1. The molecule has 2 N–H and O–H groups in total. The summed E-state index contributed by atoms with van der Waals surface area (Å²) in [5, 5.41) is 20.5. The van der Waals surface area contributed by atoms with Gasteiger partial charge in [0.2, 0.25) is 11.0 Å². The van der Waals surface area contributed by atoms with Crippen molar-refractivity contribution in [2.45, 2.75) is 13.8 Å². The fourth-order valence-corrected chi connectivity index (χ4v) is 4.02. The average Bonchev–Trinajstić information content (AvgIpc) is 2.76. The van der Waals surface area contributed by atoms with Crippen molar-refractivity contribution >= 4 is 33.7 Å². The molecule has 0 aliphatic rings. The van der Waals surface area contributed by atoms with Gasteiger partial charge in [-0.1, -0.05) is 0 Å². The quantitative estimate of drug-likeness (QED) is 0.218. The number of aromatic nitrogens is 1. The van der Waals surface area contributed by atoms with Crippen molar-refractivity contribution in [1.82, 2.24) is 0 Å². The molecule has 0 saturated carbocycles. The number of methoxy groups -OCH3 is 1. The van der Waals surface area contributed by atoms with E-state index in [2.05, 4.69) is 0 Å². The van der Waals surface area contributed by atoms with Gasteiger partial charge in [-0.25, -0.2) is 9.59 Å². The van der Waals surface area contributed by atoms with Crippen LogP contribution >= 0.6 is 0 Å². The molecule has 0 saturated heterocycles. The maximum absolute atomic E-state index is 13.5. The zero-order chi connectivity index (χ0) is 23.2. The Kier molecular flexibility index (Phi) is 5.18. The van der Waals surface area contributed by atoms with Gasteiger partial charge >= 0.3 is 11.9 Å². The Morgan fingerprint density at radius 3 is 2.22 bits per heavy atom. The van der Waals surface area contributed by atoms with Crippen molar-refractivity contribution in [1.29, 1.82) is 0 Å². The van der Waals surface area contributed by atoms with E-state index in [1.807, 2.05) is 17.7 Å². The summed E-state index contributed by atoms with van der Waals surface area (Å²) >= 11 is 0. The Morgan fingerprint density at radius 2 is 1.59 bits per heavy atom. The van der Waals surface area contributed by atoms with Gasteiger partial charge in [-0.3, -0.25) is 0 Å². The molecular weight excluding hydrogens is 410 g/mol. The van der Waals surface area contributed by atoms with Crippen LogP contribution in [0, 0.1) is 13.8 Å². The van der Waals surface area contributed by atoms with Gasteiger partial charge in [-0.15, -0.1) is 0 Å². The van der Waals surface area contributed by atoms with Crippen LogP contribution in [0.1, 0.15) is 31.8 Å². The molecule has 0 bridgehead atoms. The van der Waals surface area contributed by atoms with Crippen LogP contribution < -0.4 is 14.0 Å². The number of hydrogen-bond donors (Lipinski definition) is 2. The van der Waals surface area contributed by atoms with Crippen LogP contribution in [0.25, 0.3) is 21.8 Å². The number of phenols is 1. The lowest BCUT2D eigenvalue weighted by Crippen LogP contribution is -2.31. The molecule has 4 aromatic rings. The summed E-state index contributed by atoms with van der Waals surface area (Å²) in [6.45, 7) is 3.40. The van der Waals surface area contributed by atoms with Gasteiger partial charge in [0.05, 0.1) is 35.1 Å². The maximum atomic E-state index is 13.5. The first kappa shape index (κ1) is 21.1. The fraction of sp³-hybridized carbons (Fsp3) is 0.160. The fourth-order valence-electron chi connectivity index (χ4n) is 4.02. The topological polar surface area (TPSA) is 96.9 Å². The second-order valence-electron chi connectivity index (χ2n) is 7.65. The van der Waals surface area contributed by atoms with Gasteiger partial charge in [0.25, 0.3) is 0 Å². The van der Waals surface area contributed by atoms with Crippen LogP contribution in [0.3, 0.4) is 0 Å². The van der Waals surface area contributed by atoms with Crippen LogP contribution in [0.15, 0.2) is 48.5 Å². The van der Waals surface area contributed by atoms with E-state index in [1.165, 1.54) is 18.2 Å². The molecule has 3 aromatic carbocycles. The number of aryl methyl sites for hydroxylation is 3. The number of carbonyl (C=O) groups excluding carboxylic acids is 1. The second kappa shape index (κ2) is 7.85. The van der Waals surface area contributed by atoms with Crippen molar-refractivity contribution < 1.29 is 33.8 Å². The lowest BCUT2D eigenvalue weighted by molar-refractivity contribution is -0.617. The summed E-state index contributed by atoms with van der Waals surface area (Å²) in [6, 6.07) is 13.1. The molecule has 0 fully saturated rings. The number of aromatic hydroxyl groups is 1. The molecule has 0 radical (unpaired) electrons. The molecule has 0 spiro atoms. The molecule has 1 heterocycles. The zero-order valence-electron chi connectivity index (χ0n) is 18.1. The molecule has 1 aromatic heterocycles. The first-order valence-corrected chi connectivity index (χ1v) is 9.90. The van der Waals surface area contributed by atoms with Gasteiger partial charge in [0, 0.05) is 6.07 Å². The normalized spacial score (nSPS) is 11.0. The minimum atomic E-state index is -1.05. The molecule has 0 aliphatic heterocycles. The van der Waals surface area contributed by atoms with Crippen molar-refractivity contribution in [2.24, 2.45) is 7.05 Å². The number of esters is 1. The molecule has 7 nitrogen and oxygen atoms in total. The summed E-state index contributed by atoms with van der Waals surface area (Å²) in [7, 11) is 3.40. The minimum Gasteiger partial charge on any atom is -0.508 e. The summed E-state index contributed by atoms with van der Waals surface area (Å²) in [5.74, 6) is -0.655. The Balaban J connectivity index is 1.96. The Morgan fingerprint density at radius 1 is 0.906 bits per heavy atom. The van der Waals surface area contributed by atoms with E-state index in [9.17, 15) is 19.8 Å². The summed E-state index contributed by atoms with van der Waals surface area (Å²) in [6.07, 6.45) is 0. The van der Waals surface area contributed by atoms with Crippen LogP contribution in [-0.4, -0.2) is 29.3 Å². The number of pyridine rings is 1. The highest BCUT2D eigenvalue weighted by atomic mass is 16.5. The molecule has 0 aliphatic carbocycles. The highest BCUT2D eigenvalue weighted by Gasteiger charge is 2.26. The predicted molar refractivity (Wildman–Crippen MR) is 119 cm³/mol. The lowest BCUT2D eigenvalue weighted by Gasteiger charge is -2.14. The van der Waals surface area contributed by atoms with E-state index < -0.39 is 11.9 Å². The van der Waals surface area contributed by atoms with E-state index in [0.717, 1.165) is 5.52 Å². The number of fused-ring (bicyclic) bond motifs is 2. The van der Waals surface area contributed by atoms with Gasteiger partial charge in [-0.05, 0) is 61.4 Å². The Bertz CT molecular complexity index is 1400. The SMILES string of the molecule is COc1ccc2c(c1)c(C(=O)Oc1c(C)cc(C(=O)O)cc1C)c1ccc(O)cc1[n+]2C. The average molecular weight is 432 g/mol. The molecule has 7 heteroatoms. The van der Waals surface area contributed by atoms with Gasteiger partial charge in [0.15, 0.2) is 0 Å². The standard InChI is InChI=1S/C25H21NO6/c1-13-9-15(24(28)29)10-14(2)23(13)32-25(30)22-18-7-5-16(27)11-21(18)26(3)20-8-6-17(31-4)12-19(20)22/h5-12H,1-4H3,(H,28,29)/p+1. The van der Waals surface area contributed by atoms with Crippen molar-refractivity contribution in [3.63, 3.8) is 0 Å². The van der Waals surface area contributed by atoms with Crippen LogP contribution in [0.4, 0.5) is 0 Å². The number of rotatable bonds is 4. The van der Waals surface area contributed by atoms with E-state index in [-0.39, 0.29) is 11.3 Å². The third-order valence-corrected chi connectivity index (χ3v) is 5.55. The number of hydrogen-bond acceptors (Lipinski definition) is 5. The first-order valence-electron chi connectivity index (χ1n) is 9.90. The molecule has 162 valence electrons. The largest absolute Gasteiger partial charge is 0.508 e. The maximum Gasteiger partial charge on any atom is 0.345 e. The van der Waals surface area contributed by atoms with Crippen LogP contribution in [0.2, 0.25) is 0 Å². The number of benzene rings is 3. The van der Waals surface area contributed by atoms with Crippen molar-refractivity contribution in [3.05, 3.63) is 70.8 Å².